The van der Waals surface area contributed by atoms with Crippen molar-refractivity contribution in [1.29, 1.82) is 0 Å². The number of halogens is 1. The zero-order chi connectivity index (χ0) is 15.9. The molecule has 0 bridgehead atoms. The van der Waals surface area contributed by atoms with E-state index in [9.17, 15) is 9.59 Å². The highest BCUT2D eigenvalue weighted by atomic mass is 35.5. The molecule has 2 rings (SSSR count). The summed E-state index contributed by atoms with van der Waals surface area (Å²) in [6.45, 7) is 0.615. The predicted molar refractivity (Wildman–Crippen MR) is 84.2 cm³/mol. The summed E-state index contributed by atoms with van der Waals surface area (Å²) in [7, 11) is 0. The van der Waals surface area contributed by atoms with Crippen molar-refractivity contribution in [2.45, 2.75) is 0 Å². The van der Waals surface area contributed by atoms with E-state index in [0.29, 0.717) is 29.2 Å². The molecule has 0 fully saturated rings. The highest BCUT2D eigenvalue weighted by Crippen LogP contribution is 2.10. The largest absolute Gasteiger partial charge is 0.508 e. The lowest BCUT2D eigenvalue weighted by Crippen LogP contribution is -2.34. The molecular weight excluding hydrogens is 304 g/mol. The molecule has 2 aromatic rings. The number of carbonyl (C=O) groups excluding carboxylic acids is 2. The van der Waals surface area contributed by atoms with Gasteiger partial charge in [-0.25, -0.2) is 0 Å². The fourth-order valence-electron chi connectivity index (χ4n) is 1.77. The Balaban J connectivity index is 1.74. The average molecular weight is 319 g/mol. The van der Waals surface area contributed by atoms with E-state index in [1.807, 2.05) is 0 Å². The molecule has 3 N–H and O–H groups in total. The van der Waals surface area contributed by atoms with Crippen LogP contribution >= 0.6 is 11.6 Å². The van der Waals surface area contributed by atoms with Crippen molar-refractivity contribution in [1.82, 2.24) is 10.6 Å². The van der Waals surface area contributed by atoms with Crippen molar-refractivity contribution >= 4 is 23.4 Å². The predicted octanol–water partition coefficient (Wildman–Crippen LogP) is 2.21. The Morgan fingerprint density at radius 2 is 1.23 bits per heavy atom. The maximum Gasteiger partial charge on any atom is 0.251 e. The number of phenolic OH excluding ortho intramolecular Hbond substituents is 1. The number of amides is 2. The molecule has 2 aromatic carbocycles. The van der Waals surface area contributed by atoms with Crippen LogP contribution in [0.4, 0.5) is 0 Å². The van der Waals surface area contributed by atoms with E-state index in [4.69, 9.17) is 16.7 Å². The van der Waals surface area contributed by atoms with Gasteiger partial charge in [0.25, 0.3) is 11.8 Å². The Bertz CT molecular complexity index is 595. The number of aromatic hydroxyl groups is 1. The van der Waals surface area contributed by atoms with Crippen LogP contribution in [0.3, 0.4) is 0 Å². The molecule has 0 heterocycles. The van der Waals surface area contributed by atoms with Gasteiger partial charge in [-0.05, 0) is 48.5 Å². The summed E-state index contributed by atoms with van der Waals surface area (Å²) < 4.78 is 0. The van der Waals surface area contributed by atoms with Crippen LogP contribution in [0.5, 0.6) is 5.75 Å². The Morgan fingerprint density at radius 3 is 1.68 bits per heavy atom. The topological polar surface area (TPSA) is 78.4 Å². The van der Waals surface area contributed by atoms with Gasteiger partial charge in [-0.2, -0.15) is 0 Å². The van der Waals surface area contributed by atoms with Gasteiger partial charge < -0.3 is 15.7 Å². The molecule has 114 valence electrons. The molecular formula is C16H15ClN2O3. The number of phenols is 1. The van der Waals surface area contributed by atoms with Gasteiger partial charge in [0, 0.05) is 29.2 Å². The summed E-state index contributed by atoms with van der Waals surface area (Å²) in [4.78, 5) is 23.6. The zero-order valence-corrected chi connectivity index (χ0v) is 12.4. The fourth-order valence-corrected chi connectivity index (χ4v) is 1.90. The molecule has 0 saturated heterocycles. The lowest BCUT2D eigenvalue weighted by atomic mass is 10.2. The van der Waals surface area contributed by atoms with Crippen molar-refractivity contribution in [3.8, 4) is 5.75 Å². The molecule has 0 aliphatic heterocycles. The van der Waals surface area contributed by atoms with E-state index in [0.717, 1.165) is 0 Å². The standard InChI is InChI=1S/C16H15ClN2O3/c17-13-5-1-11(2-6-13)15(21)18-9-10-19-16(22)12-3-7-14(20)8-4-12/h1-8,20H,9-10H2,(H,18,21)(H,19,22). The molecule has 0 aliphatic carbocycles. The molecule has 0 spiro atoms. The first-order chi connectivity index (χ1) is 10.6. The van der Waals surface area contributed by atoms with Gasteiger partial charge in [-0.3, -0.25) is 9.59 Å². The van der Waals surface area contributed by atoms with E-state index in [-0.39, 0.29) is 17.6 Å². The number of hydrogen-bond acceptors (Lipinski definition) is 3. The summed E-state index contributed by atoms with van der Waals surface area (Å²) in [6.07, 6.45) is 0. The fraction of sp³-hybridized carbons (Fsp3) is 0.125. The van der Waals surface area contributed by atoms with Gasteiger partial charge in [-0.15, -0.1) is 0 Å². The molecule has 0 saturated carbocycles. The van der Waals surface area contributed by atoms with Gasteiger partial charge in [0.1, 0.15) is 5.75 Å². The van der Waals surface area contributed by atoms with E-state index < -0.39 is 0 Å². The Hall–Kier alpha value is -2.53. The first kappa shape index (κ1) is 15.9. The lowest BCUT2D eigenvalue weighted by Gasteiger charge is -2.07. The Kier molecular flexibility index (Phi) is 5.38. The number of nitrogens with one attached hydrogen (secondary N) is 2. The van der Waals surface area contributed by atoms with Crippen LogP contribution < -0.4 is 10.6 Å². The van der Waals surface area contributed by atoms with Crippen molar-refractivity contribution in [3.05, 3.63) is 64.7 Å². The number of benzene rings is 2. The van der Waals surface area contributed by atoms with Crippen LogP contribution in [0.15, 0.2) is 48.5 Å². The molecule has 0 radical (unpaired) electrons. The summed E-state index contributed by atoms with van der Waals surface area (Å²) in [5, 5.41) is 15.1. The lowest BCUT2D eigenvalue weighted by molar-refractivity contribution is 0.0927. The summed E-state index contributed by atoms with van der Waals surface area (Å²) in [5.41, 5.74) is 0.955. The normalized spacial score (nSPS) is 10.0. The van der Waals surface area contributed by atoms with Crippen LogP contribution in [0.25, 0.3) is 0 Å². The quantitative estimate of drug-likeness (QED) is 0.740. The summed E-state index contributed by atoms with van der Waals surface area (Å²) >= 11 is 5.75. The van der Waals surface area contributed by atoms with Crippen LogP contribution in [0.2, 0.25) is 5.02 Å². The molecule has 0 atom stereocenters. The molecule has 0 aromatic heterocycles. The maximum atomic E-state index is 11.8. The Labute approximate surface area is 132 Å². The third kappa shape index (κ3) is 4.49. The molecule has 0 aliphatic rings. The molecule has 5 nitrogen and oxygen atoms in total. The van der Waals surface area contributed by atoms with E-state index >= 15 is 0 Å². The van der Waals surface area contributed by atoms with Gasteiger partial charge >= 0.3 is 0 Å². The number of hydrogen-bond donors (Lipinski definition) is 3. The van der Waals surface area contributed by atoms with E-state index in [2.05, 4.69) is 10.6 Å². The van der Waals surface area contributed by atoms with Crippen LogP contribution in [-0.4, -0.2) is 30.0 Å². The zero-order valence-electron chi connectivity index (χ0n) is 11.7. The number of carbonyl (C=O) groups is 2. The third-order valence-electron chi connectivity index (χ3n) is 2.93. The minimum atomic E-state index is -0.263. The van der Waals surface area contributed by atoms with Crippen molar-refractivity contribution in [2.24, 2.45) is 0 Å². The van der Waals surface area contributed by atoms with Crippen molar-refractivity contribution in [3.63, 3.8) is 0 Å². The average Bonchev–Trinajstić information content (AvgIpc) is 2.52. The summed E-state index contributed by atoms with van der Waals surface area (Å²) in [5.74, 6) is -0.386. The molecule has 6 heteroatoms. The maximum absolute atomic E-state index is 11.8. The first-order valence-corrected chi connectivity index (χ1v) is 7.05. The van der Waals surface area contributed by atoms with Crippen molar-refractivity contribution in [2.75, 3.05) is 13.1 Å². The number of rotatable bonds is 5. The van der Waals surface area contributed by atoms with E-state index in [1.165, 1.54) is 24.3 Å². The van der Waals surface area contributed by atoms with Gasteiger partial charge in [-0.1, -0.05) is 11.6 Å². The molecule has 22 heavy (non-hydrogen) atoms. The Morgan fingerprint density at radius 1 is 0.818 bits per heavy atom. The van der Waals surface area contributed by atoms with Gasteiger partial charge in [0.15, 0.2) is 0 Å². The van der Waals surface area contributed by atoms with Crippen molar-refractivity contribution < 1.29 is 14.7 Å². The first-order valence-electron chi connectivity index (χ1n) is 6.67. The SMILES string of the molecule is O=C(NCCNC(=O)c1ccc(Cl)cc1)c1ccc(O)cc1. The second-order valence-corrected chi connectivity index (χ2v) is 5.00. The van der Waals surface area contributed by atoms with Crippen LogP contribution in [0.1, 0.15) is 20.7 Å². The molecule has 0 unspecified atom stereocenters. The van der Waals surface area contributed by atoms with Gasteiger partial charge in [0.2, 0.25) is 0 Å². The summed E-state index contributed by atoms with van der Waals surface area (Å²) in [6, 6.07) is 12.5. The third-order valence-corrected chi connectivity index (χ3v) is 3.18. The minimum Gasteiger partial charge on any atom is -0.508 e. The molecule has 2 amide bonds. The second-order valence-electron chi connectivity index (χ2n) is 4.57. The highest BCUT2D eigenvalue weighted by Gasteiger charge is 2.06. The highest BCUT2D eigenvalue weighted by molar-refractivity contribution is 6.30. The minimum absolute atomic E-state index is 0.103. The van der Waals surface area contributed by atoms with E-state index in [1.54, 1.807) is 24.3 Å². The monoisotopic (exact) mass is 318 g/mol. The smallest absolute Gasteiger partial charge is 0.251 e. The second kappa shape index (κ2) is 7.47. The van der Waals surface area contributed by atoms with Gasteiger partial charge in [0.05, 0.1) is 0 Å². The van der Waals surface area contributed by atoms with Crippen LogP contribution in [0, 0.1) is 0 Å². The van der Waals surface area contributed by atoms with Crippen LogP contribution in [-0.2, 0) is 0 Å².